The molecule has 2 aromatic heterocycles. The molecule has 0 bridgehead atoms. The molecule has 1 N–H and O–H groups in total. The van der Waals surface area contributed by atoms with Crippen molar-refractivity contribution in [3.05, 3.63) is 96.1 Å². The van der Waals surface area contributed by atoms with Crippen molar-refractivity contribution in [3.8, 4) is 5.75 Å². The van der Waals surface area contributed by atoms with Crippen LogP contribution in [0.4, 0.5) is 29.3 Å². The van der Waals surface area contributed by atoms with Crippen molar-refractivity contribution in [2.24, 2.45) is 10.2 Å². The van der Waals surface area contributed by atoms with Crippen LogP contribution in [0.5, 0.6) is 5.75 Å². The molecule has 35 heavy (non-hydrogen) atoms. The van der Waals surface area contributed by atoms with E-state index in [-0.39, 0.29) is 12.3 Å². The number of anilines is 1. The highest BCUT2D eigenvalue weighted by Crippen LogP contribution is 2.30. The number of benzene rings is 2. The van der Waals surface area contributed by atoms with Crippen LogP contribution in [0, 0.1) is 0 Å². The fourth-order valence-electron chi connectivity index (χ4n) is 2.93. The molecule has 2 aromatic carbocycles. The zero-order chi connectivity index (χ0) is 24.7. The fraction of sp³-hybridized carbons (Fsp3) is 0.130. The van der Waals surface area contributed by atoms with E-state index < -0.39 is 17.8 Å². The topological polar surface area (TPSA) is 107 Å². The summed E-state index contributed by atoms with van der Waals surface area (Å²) in [6.07, 6.45) is -0.990. The number of ether oxygens (including phenoxy) is 1. The molecule has 0 unspecified atom stereocenters. The summed E-state index contributed by atoms with van der Waals surface area (Å²) in [5.41, 5.74) is 1.16. The van der Waals surface area contributed by atoms with Gasteiger partial charge in [-0.1, -0.05) is 22.5 Å². The van der Waals surface area contributed by atoms with E-state index in [1.54, 1.807) is 41.3 Å². The van der Waals surface area contributed by atoms with Crippen molar-refractivity contribution in [3.63, 3.8) is 0 Å². The number of urea groups is 1. The number of hydrogen-bond acceptors (Lipinski definition) is 6. The van der Waals surface area contributed by atoms with Crippen molar-refractivity contribution in [2.75, 3.05) is 5.32 Å². The molecule has 2 amide bonds. The summed E-state index contributed by atoms with van der Waals surface area (Å²) < 4.78 is 45.2. The summed E-state index contributed by atoms with van der Waals surface area (Å²) >= 11 is 0. The van der Waals surface area contributed by atoms with Gasteiger partial charge in [-0.15, -0.1) is 10.2 Å². The monoisotopic (exact) mass is 481 g/mol. The van der Waals surface area contributed by atoms with Crippen molar-refractivity contribution >= 4 is 17.4 Å². The summed E-state index contributed by atoms with van der Waals surface area (Å²) in [4.78, 5) is 16.3. The number of nitrogens with one attached hydrogen (secondary N) is 1. The SMILES string of the molecule is O=C(N=Nc1ccc(C(F)(F)F)cc1)Nc1cccc(OCc2cn(Cc3ccccn3)nn2)c1. The maximum absolute atomic E-state index is 12.6. The third-order valence-corrected chi connectivity index (χ3v) is 4.56. The molecule has 2 heterocycles. The summed E-state index contributed by atoms with van der Waals surface area (Å²) in [7, 11) is 0. The van der Waals surface area contributed by atoms with Crippen LogP contribution in [-0.4, -0.2) is 26.0 Å². The van der Waals surface area contributed by atoms with Crippen molar-refractivity contribution in [1.29, 1.82) is 0 Å². The zero-order valence-corrected chi connectivity index (χ0v) is 18.1. The maximum Gasteiger partial charge on any atom is 0.416 e. The Balaban J connectivity index is 1.29. The zero-order valence-electron chi connectivity index (χ0n) is 18.1. The number of aromatic nitrogens is 4. The van der Waals surface area contributed by atoms with Gasteiger partial charge in [-0.25, -0.2) is 9.48 Å². The number of alkyl halides is 3. The number of azo groups is 1. The Hall–Kier alpha value is -4.61. The molecule has 0 aliphatic rings. The second-order valence-corrected chi connectivity index (χ2v) is 7.22. The number of amides is 2. The third kappa shape index (κ3) is 6.93. The van der Waals surface area contributed by atoms with Crippen LogP contribution in [0.3, 0.4) is 0 Å². The standard InChI is InChI=1S/C23H18F3N7O2/c24-23(25,26)16-7-9-17(10-8-16)29-31-22(34)28-18-5-3-6-21(12-18)35-15-20-14-33(32-30-20)13-19-4-1-2-11-27-19/h1-12,14H,13,15H2,(H,28,34). The minimum absolute atomic E-state index is 0.112. The van der Waals surface area contributed by atoms with Crippen LogP contribution in [-0.2, 0) is 19.3 Å². The van der Waals surface area contributed by atoms with Crippen LogP contribution in [0.25, 0.3) is 0 Å². The average molecular weight is 481 g/mol. The molecule has 9 nitrogen and oxygen atoms in total. The van der Waals surface area contributed by atoms with Gasteiger partial charge >= 0.3 is 12.2 Å². The normalized spacial score (nSPS) is 11.5. The third-order valence-electron chi connectivity index (χ3n) is 4.56. The van der Waals surface area contributed by atoms with Crippen molar-refractivity contribution in [2.45, 2.75) is 19.3 Å². The lowest BCUT2D eigenvalue weighted by molar-refractivity contribution is -0.137. The summed E-state index contributed by atoms with van der Waals surface area (Å²) in [6.45, 7) is 0.642. The van der Waals surface area contributed by atoms with E-state index in [0.717, 1.165) is 30.0 Å². The number of carbonyl (C=O) groups excluding carboxylic acids is 1. The lowest BCUT2D eigenvalue weighted by atomic mass is 10.2. The molecular weight excluding hydrogens is 463 g/mol. The predicted molar refractivity (Wildman–Crippen MR) is 119 cm³/mol. The van der Waals surface area contributed by atoms with E-state index in [9.17, 15) is 18.0 Å². The first-order valence-electron chi connectivity index (χ1n) is 10.3. The van der Waals surface area contributed by atoms with Crippen LogP contribution < -0.4 is 10.1 Å². The number of carbonyl (C=O) groups is 1. The first kappa shape index (κ1) is 23.5. The average Bonchev–Trinajstić information content (AvgIpc) is 3.29. The van der Waals surface area contributed by atoms with E-state index in [2.05, 4.69) is 30.8 Å². The van der Waals surface area contributed by atoms with Gasteiger partial charge in [0.2, 0.25) is 0 Å². The van der Waals surface area contributed by atoms with Crippen molar-refractivity contribution in [1.82, 2.24) is 20.0 Å². The molecular formula is C23H18F3N7O2. The first-order valence-corrected chi connectivity index (χ1v) is 10.3. The smallest absolute Gasteiger partial charge is 0.416 e. The Morgan fingerprint density at radius 3 is 2.60 bits per heavy atom. The Labute approximate surface area is 197 Å². The number of pyridine rings is 1. The molecule has 4 rings (SSSR count). The van der Waals surface area contributed by atoms with Gasteiger partial charge in [0.15, 0.2) is 0 Å². The lowest BCUT2D eigenvalue weighted by Gasteiger charge is -2.07. The number of nitrogens with zero attached hydrogens (tertiary/aromatic N) is 6. The van der Waals surface area contributed by atoms with Gasteiger partial charge in [0.1, 0.15) is 18.1 Å². The van der Waals surface area contributed by atoms with Gasteiger partial charge in [-0.05, 0) is 48.5 Å². The molecule has 0 aliphatic carbocycles. The number of rotatable bonds is 7. The summed E-state index contributed by atoms with van der Waals surface area (Å²) in [5, 5.41) is 17.8. The maximum atomic E-state index is 12.6. The Morgan fingerprint density at radius 2 is 1.86 bits per heavy atom. The largest absolute Gasteiger partial charge is 0.487 e. The molecule has 0 atom stereocenters. The summed E-state index contributed by atoms with van der Waals surface area (Å²) in [6, 6.07) is 15.4. The molecule has 178 valence electrons. The van der Waals surface area contributed by atoms with E-state index in [1.807, 2.05) is 18.2 Å². The van der Waals surface area contributed by atoms with Gasteiger partial charge in [0.05, 0.1) is 29.7 Å². The number of halogens is 3. The molecule has 0 aliphatic heterocycles. The molecule has 0 fully saturated rings. The fourth-order valence-corrected chi connectivity index (χ4v) is 2.93. The minimum atomic E-state index is -4.45. The molecule has 12 heteroatoms. The van der Waals surface area contributed by atoms with Crippen LogP contribution in [0.2, 0.25) is 0 Å². The van der Waals surface area contributed by atoms with Crippen LogP contribution >= 0.6 is 0 Å². The second-order valence-electron chi connectivity index (χ2n) is 7.22. The molecule has 0 saturated carbocycles. The van der Waals surface area contributed by atoms with E-state index in [4.69, 9.17) is 4.74 Å². The van der Waals surface area contributed by atoms with Crippen LogP contribution in [0.1, 0.15) is 17.0 Å². The second kappa shape index (κ2) is 10.5. The van der Waals surface area contributed by atoms with Crippen LogP contribution in [0.15, 0.2) is 89.4 Å². The highest BCUT2D eigenvalue weighted by Gasteiger charge is 2.29. The Bertz CT molecular complexity index is 1310. The lowest BCUT2D eigenvalue weighted by Crippen LogP contribution is -2.05. The quantitative estimate of drug-likeness (QED) is 0.344. The predicted octanol–water partition coefficient (Wildman–Crippen LogP) is 5.64. The molecule has 0 spiro atoms. The molecule has 0 saturated heterocycles. The van der Waals surface area contributed by atoms with Gasteiger partial charge in [-0.3, -0.25) is 4.98 Å². The van der Waals surface area contributed by atoms with Gasteiger partial charge < -0.3 is 10.1 Å². The highest BCUT2D eigenvalue weighted by atomic mass is 19.4. The van der Waals surface area contributed by atoms with Gasteiger partial charge in [-0.2, -0.15) is 13.2 Å². The van der Waals surface area contributed by atoms with Gasteiger partial charge in [0.25, 0.3) is 0 Å². The van der Waals surface area contributed by atoms with E-state index in [0.29, 0.717) is 23.7 Å². The Kier molecular flexibility index (Phi) is 7.10. The highest BCUT2D eigenvalue weighted by molar-refractivity contribution is 5.89. The summed E-state index contributed by atoms with van der Waals surface area (Å²) in [5.74, 6) is 0.474. The van der Waals surface area contributed by atoms with E-state index >= 15 is 0 Å². The van der Waals surface area contributed by atoms with Crippen molar-refractivity contribution < 1.29 is 22.7 Å². The first-order chi connectivity index (χ1) is 16.8. The minimum Gasteiger partial charge on any atom is -0.487 e. The molecule has 4 aromatic rings. The Morgan fingerprint density at radius 1 is 1.03 bits per heavy atom. The number of hydrogen-bond donors (Lipinski definition) is 1. The van der Waals surface area contributed by atoms with Gasteiger partial charge in [0, 0.05) is 18.0 Å². The van der Waals surface area contributed by atoms with E-state index in [1.165, 1.54) is 0 Å². The molecule has 0 radical (unpaired) electrons.